The maximum absolute atomic E-state index is 12.2. The molecule has 0 spiro atoms. The Hall–Kier alpha value is -2.51. The van der Waals surface area contributed by atoms with Crippen LogP contribution in [0.5, 0.6) is 0 Å². The number of hydrogen-bond donors (Lipinski definition) is 3. The van der Waals surface area contributed by atoms with Crippen LogP contribution in [-0.2, 0) is 20.8 Å². The smallest absolute Gasteiger partial charge is 0.243 e. The molecule has 28 heavy (non-hydrogen) atoms. The van der Waals surface area contributed by atoms with Crippen LogP contribution in [0.25, 0.3) is 0 Å². The Balaban J connectivity index is 1.51. The van der Waals surface area contributed by atoms with Gasteiger partial charge in [-0.3, -0.25) is 14.4 Å². The van der Waals surface area contributed by atoms with Crippen molar-refractivity contribution in [2.45, 2.75) is 29.9 Å². The van der Waals surface area contributed by atoms with E-state index in [-0.39, 0.29) is 30.7 Å². The molecule has 0 fully saturated rings. The number of carbonyl (C=O) groups is 3. The van der Waals surface area contributed by atoms with Crippen molar-refractivity contribution in [3.05, 3.63) is 53.1 Å². The molecule has 2 aromatic carbocycles. The Labute approximate surface area is 172 Å². The van der Waals surface area contributed by atoms with Crippen LogP contribution in [0.15, 0.2) is 47.4 Å². The number of benzene rings is 2. The summed E-state index contributed by atoms with van der Waals surface area (Å²) >= 11 is 7.24. The van der Waals surface area contributed by atoms with Crippen molar-refractivity contribution in [3.63, 3.8) is 0 Å². The minimum Gasteiger partial charge on any atom is -0.347 e. The van der Waals surface area contributed by atoms with Crippen molar-refractivity contribution < 1.29 is 14.4 Å². The third kappa shape index (κ3) is 5.05. The molecule has 3 rings (SSSR count). The number of para-hydroxylation sites is 1. The Morgan fingerprint density at radius 1 is 1.18 bits per heavy atom. The van der Waals surface area contributed by atoms with Crippen LogP contribution in [-0.4, -0.2) is 29.5 Å². The van der Waals surface area contributed by atoms with E-state index in [1.54, 1.807) is 12.1 Å². The van der Waals surface area contributed by atoms with E-state index < -0.39 is 5.25 Å². The van der Waals surface area contributed by atoms with Gasteiger partial charge in [-0.15, -0.1) is 11.8 Å². The first kappa shape index (κ1) is 20.2. The van der Waals surface area contributed by atoms with E-state index in [1.165, 1.54) is 11.8 Å². The van der Waals surface area contributed by atoms with Gasteiger partial charge in [-0.25, -0.2) is 0 Å². The van der Waals surface area contributed by atoms with Crippen LogP contribution in [0.1, 0.15) is 18.9 Å². The topological polar surface area (TPSA) is 87.3 Å². The van der Waals surface area contributed by atoms with Crippen molar-refractivity contribution in [1.82, 2.24) is 5.32 Å². The van der Waals surface area contributed by atoms with Crippen LogP contribution in [0.4, 0.5) is 11.4 Å². The van der Waals surface area contributed by atoms with Gasteiger partial charge < -0.3 is 16.0 Å². The number of anilines is 2. The van der Waals surface area contributed by atoms with Gasteiger partial charge in [-0.05, 0) is 36.2 Å². The molecule has 0 aromatic heterocycles. The Bertz CT molecular complexity index is 919. The van der Waals surface area contributed by atoms with Crippen molar-refractivity contribution in [3.8, 4) is 0 Å². The van der Waals surface area contributed by atoms with Crippen LogP contribution >= 0.6 is 23.4 Å². The summed E-state index contributed by atoms with van der Waals surface area (Å²) in [6, 6.07) is 12.7. The van der Waals surface area contributed by atoms with Crippen molar-refractivity contribution in [2.24, 2.45) is 0 Å². The summed E-state index contributed by atoms with van der Waals surface area (Å²) in [5.74, 6) is -0.921. The summed E-state index contributed by atoms with van der Waals surface area (Å²) in [5, 5.41) is 8.11. The summed E-state index contributed by atoms with van der Waals surface area (Å²) in [6.45, 7) is 1.85. The van der Waals surface area contributed by atoms with Gasteiger partial charge in [0.15, 0.2) is 0 Å². The molecule has 0 saturated carbocycles. The minimum absolute atomic E-state index is 0.0165. The zero-order valence-electron chi connectivity index (χ0n) is 15.3. The first-order chi connectivity index (χ1) is 13.5. The molecule has 0 aliphatic carbocycles. The number of amides is 3. The number of carbonyl (C=O) groups excluding carboxylic acids is 3. The normalized spacial score (nSPS) is 15.4. The molecule has 6 nitrogen and oxygen atoms in total. The molecule has 3 amide bonds. The molecule has 0 saturated heterocycles. The average molecular weight is 418 g/mol. The third-order valence-corrected chi connectivity index (χ3v) is 5.76. The van der Waals surface area contributed by atoms with Gasteiger partial charge in [0.2, 0.25) is 17.7 Å². The quantitative estimate of drug-likeness (QED) is 0.671. The van der Waals surface area contributed by atoms with Crippen LogP contribution < -0.4 is 16.0 Å². The molecule has 146 valence electrons. The largest absolute Gasteiger partial charge is 0.347 e. The summed E-state index contributed by atoms with van der Waals surface area (Å²) < 4.78 is 0. The van der Waals surface area contributed by atoms with Crippen molar-refractivity contribution in [1.29, 1.82) is 0 Å². The minimum atomic E-state index is -0.558. The second-order valence-electron chi connectivity index (χ2n) is 6.28. The van der Waals surface area contributed by atoms with Gasteiger partial charge in [0.05, 0.1) is 17.5 Å². The van der Waals surface area contributed by atoms with E-state index in [2.05, 4.69) is 16.0 Å². The highest BCUT2D eigenvalue weighted by Gasteiger charge is 2.29. The lowest BCUT2D eigenvalue weighted by molar-refractivity contribution is -0.125. The molecular formula is C20H20ClN3O3S. The Morgan fingerprint density at radius 2 is 1.96 bits per heavy atom. The highest BCUT2D eigenvalue weighted by atomic mass is 35.5. The summed E-state index contributed by atoms with van der Waals surface area (Å²) in [6.07, 6.45) is 0.779. The van der Waals surface area contributed by atoms with Gasteiger partial charge >= 0.3 is 0 Å². The van der Waals surface area contributed by atoms with E-state index in [1.807, 2.05) is 37.3 Å². The number of thioether (sulfide) groups is 1. The number of rotatable bonds is 6. The zero-order chi connectivity index (χ0) is 20.1. The molecule has 0 radical (unpaired) electrons. The van der Waals surface area contributed by atoms with Crippen molar-refractivity contribution in [2.75, 3.05) is 17.2 Å². The van der Waals surface area contributed by atoms with Gasteiger partial charge in [0, 0.05) is 22.0 Å². The number of halogens is 1. The predicted molar refractivity (Wildman–Crippen MR) is 112 cm³/mol. The first-order valence-electron chi connectivity index (χ1n) is 8.87. The fourth-order valence-corrected chi connectivity index (χ4v) is 4.08. The molecule has 0 unspecified atom stereocenters. The molecule has 0 bridgehead atoms. The molecule has 8 heteroatoms. The van der Waals surface area contributed by atoms with Gasteiger partial charge in [0.25, 0.3) is 0 Å². The molecule has 1 heterocycles. The van der Waals surface area contributed by atoms with E-state index in [0.29, 0.717) is 10.7 Å². The maximum Gasteiger partial charge on any atom is 0.243 e. The predicted octanol–water partition coefficient (Wildman–Crippen LogP) is 3.46. The molecule has 3 N–H and O–H groups in total. The number of aryl methyl sites for hydroxylation is 1. The van der Waals surface area contributed by atoms with Crippen LogP contribution in [0.2, 0.25) is 5.02 Å². The third-order valence-electron chi connectivity index (χ3n) is 4.25. The Kier molecular flexibility index (Phi) is 6.59. The zero-order valence-corrected chi connectivity index (χ0v) is 16.8. The van der Waals surface area contributed by atoms with E-state index in [0.717, 1.165) is 22.6 Å². The summed E-state index contributed by atoms with van der Waals surface area (Å²) in [7, 11) is 0. The second-order valence-corrected chi connectivity index (χ2v) is 7.96. The average Bonchev–Trinajstić information content (AvgIpc) is 2.67. The standard InChI is InChI=1S/C20H20ClN3O3S/c1-2-12-5-3-4-6-14(12)23-19(26)11-22-18(25)10-17-20(27)24-15-9-13(21)7-8-16(15)28-17/h3-9,17H,2,10-11H2,1H3,(H,22,25)(H,23,26)(H,24,27)/t17-/m1/s1. The molecule has 2 aromatic rings. The summed E-state index contributed by atoms with van der Waals surface area (Å²) in [4.78, 5) is 37.4. The fourth-order valence-electron chi connectivity index (χ4n) is 2.82. The fraction of sp³-hybridized carbons (Fsp3) is 0.250. The second kappa shape index (κ2) is 9.12. The lowest BCUT2D eigenvalue weighted by Gasteiger charge is -2.23. The van der Waals surface area contributed by atoms with Crippen LogP contribution in [0, 0.1) is 0 Å². The molecule has 1 atom stereocenters. The highest BCUT2D eigenvalue weighted by molar-refractivity contribution is 8.01. The van der Waals surface area contributed by atoms with Crippen LogP contribution in [0.3, 0.4) is 0 Å². The van der Waals surface area contributed by atoms with E-state index in [9.17, 15) is 14.4 Å². The molecular weight excluding hydrogens is 398 g/mol. The lowest BCUT2D eigenvalue weighted by atomic mass is 10.1. The molecule has 1 aliphatic rings. The lowest BCUT2D eigenvalue weighted by Crippen LogP contribution is -2.38. The number of hydrogen-bond acceptors (Lipinski definition) is 4. The monoisotopic (exact) mass is 417 g/mol. The SMILES string of the molecule is CCc1ccccc1NC(=O)CNC(=O)C[C@H]1Sc2ccc(Cl)cc2NC1=O. The van der Waals surface area contributed by atoms with Gasteiger partial charge in [-0.2, -0.15) is 0 Å². The van der Waals surface area contributed by atoms with E-state index in [4.69, 9.17) is 11.6 Å². The van der Waals surface area contributed by atoms with Crippen molar-refractivity contribution >= 4 is 52.5 Å². The van der Waals surface area contributed by atoms with E-state index >= 15 is 0 Å². The van der Waals surface area contributed by atoms with Gasteiger partial charge in [-0.1, -0.05) is 36.7 Å². The highest BCUT2D eigenvalue weighted by Crippen LogP contribution is 2.38. The summed E-state index contributed by atoms with van der Waals surface area (Å²) in [5.41, 5.74) is 2.41. The number of nitrogens with one attached hydrogen (secondary N) is 3. The number of fused-ring (bicyclic) bond motifs is 1. The van der Waals surface area contributed by atoms with Gasteiger partial charge in [0.1, 0.15) is 0 Å². The molecule has 1 aliphatic heterocycles. The first-order valence-corrected chi connectivity index (χ1v) is 10.1. The maximum atomic E-state index is 12.2. The Morgan fingerprint density at radius 3 is 2.75 bits per heavy atom.